The zero-order valence-electron chi connectivity index (χ0n) is 17.1. The van der Waals surface area contributed by atoms with E-state index in [0.717, 1.165) is 5.39 Å². The molecule has 4 rings (SSSR count). The van der Waals surface area contributed by atoms with Gasteiger partial charge in [-0.1, -0.05) is 42.0 Å². The molecule has 0 spiro atoms. The van der Waals surface area contributed by atoms with Crippen molar-refractivity contribution in [1.82, 2.24) is 4.31 Å². The van der Waals surface area contributed by atoms with E-state index in [-0.39, 0.29) is 0 Å². The first-order valence-electron chi connectivity index (χ1n) is 9.80. The summed E-state index contributed by atoms with van der Waals surface area (Å²) in [5.74, 6) is 0.680. The molecular weight excluding hydrogens is 384 g/mol. The van der Waals surface area contributed by atoms with E-state index in [9.17, 15) is 8.42 Å². The molecule has 0 unspecified atom stereocenters. The Morgan fingerprint density at radius 2 is 1.55 bits per heavy atom. The van der Waals surface area contributed by atoms with Gasteiger partial charge in [-0.2, -0.15) is 4.31 Å². The molecule has 0 N–H and O–H groups in total. The van der Waals surface area contributed by atoms with Crippen LogP contribution in [0, 0.1) is 13.8 Å². The molecule has 6 heteroatoms. The average molecular weight is 411 g/mol. The maximum Gasteiger partial charge on any atom is 0.243 e. The molecule has 29 heavy (non-hydrogen) atoms. The third-order valence-corrected chi connectivity index (χ3v) is 7.57. The third kappa shape index (κ3) is 3.58. The molecular formula is C23H26N2O3S. The predicted molar refractivity (Wildman–Crippen MR) is 117 cm³/mol. The minimum atomic E-state index is -3.58. The van der Waals surface area contributed by atoms with Crippen molar-refractivity contribution in [3.63, 3.8) is 0 Å². The first-order chi connectivity index (χ1) is 13.9. The van der Waals surface area contributed by atoms with Crippen LogP contribution in [-0.2, 0) is 10.0 Å². The van der Waals surface area contributed by atoms with Gasteiger partial charge in [0.05, 0.1) is 12.0 Å². The van der Waals surface area contributed by atoms with Gasteiger partial charge >= 0.3 is 0 Å². The Balaban J connectivity index is 1.61. The van der Waals surface area contributed by atoms with Crippen LogP contribution in [0.25, 0.3) is 10.8 Å². The molecule has 152 valence electrons. The van der Waals surface area contributed by atoms with Crippen molar-refractivity contribution < 1.29 is 13.2 Å². The SMILES string of the molecule is COc1ccc(S(=O)(=O)N2CCN(c3ccc(C)cc3C)CC2)c2ccccc12. The first-order valence-corrected chi connectivity index (χ1v) is 11.2. The molecule has 1 saturated heterocycles. The molecule has 0 aromatic heterocycles. The van der Waals surface area contributed by atoms with E-state index < -0.39 is 10.0 Å². The minimum Gasteiger partial charge on any atom is -0.496 e. The Labute approximate surface area is 172 Å². The normalized spacial score (nSPS) is 15.6. The number of nitrogens with zero attached hydrogens (tertiary/aromatic N) is 2. The lowest BCUT2D eigenvalue weighted by molar-refractivity contribution is 0.385. The second kappa shape index (κ2) is 7.69. The summed E-state index contributed by atoms with van der Waals surface area (Å²) in [6.45, 7) is 6.48. The second-order valence-corrected chi connectivity index (χ2v) is 9.40. The number of anilines is 1. The van der Waals surface area contributed by atoms with Gasteiger partial charge in [0.1, 0.15) is 5.75 Å². The lowest BCUT2D eigenvalue weighted by atomic mass is 10.1. The highest BCUT2D eigenvalue weighted by Crippen LogP contribution is 2.33. The van der Waals surface area contributed by atoms with Crippen LogP contribution >= 0.6 is 0 Å². The third-order valence-electron chi connectivity index (χ3n) is 5.61. The van der Waals surface area contributed by atoms with Gasteiger partial charge in [-0.25, -0.2) is 8.42 Å². The molecule has 0 radical (unpaired) electrons. The smallest absolute Gasteiger partial charge is 0.243 e. The first kappa shape index (κ1) is 19.7. The number of benzene rings is 3. The highest BCUT2D eigenvalue weighted by Gasteiger charge is 2.30. The molecule has 1 aliphatic rings. The molecule has 1 heterocycles. The summed E-state index contributed by atoms with van der Waals surface area (Å²) in [6.07, 6.45) is 0. The lowest BCUT2D eigenvalue weighted by Crippen LogP contribution is -2.48. The van der Waals surface area contributed by atoms with E-state index in [1.807, 2.05) is 24.3 Å². The maximum atomic E-state index is 13.4. The Hall–Kier alpha value is -2.57. The van der Waals surface area contributed by atoms with Crippen LogP contribution in [0.4, 0.5) is 5.69 Å². The van der Waals surface area contributed by atoms with E-state index in [1.165, 1.54) is 16.8 Å². The van der Waals surface area contributed by atoms with Crippen molar-refractivity contribution in [3.05, 3.63) is 65.7 Å². The summed E-state index contributed by atoms with van der Waals surface area (Å²) >= 11 is 0. The maximum absolute atomic E-state index is 13.4. The van der Waals surface area contributed by atoms with Crippen molar-refractivity contribution >= 4 is 26.5 Å². The quantitative estimate of drug-likeness (QED) is 0.653. The molecule has 0 saturated carbocycles. The number of aryl methyl sites for hydroxylation is 2. The van der Waals surface area contributed by atoms with E-state index in [0.29, 0.717) is 42.2 Å². The Morgan fingerprint density at radius 3 is 2.21 bits per heavy atom. The fourth-order valence-corrected chi connectivity index (χ4v) is 5.73. The number of piperazine rings is 1. The van der Waals surface area contributed by atoms with Crippen molar-refractivity contribution in [2.24, 2.45) is 0 Å². The molecule has 5 nitrogen and oxygen atoms in total. The monoisotopic (exact) mass is 410 g/mol. The Kier molecular flexibility index (Phi) is 5.23. The van der Waals surface area contributed by atoms with E-state index >= 15 is 0 Å². The molecule has 1 aliphatic heterocycles. The lowest BCUT2D eigenvalue weighted by Gasteiger charge is -2.36. The number of hydrogen-bond donors (Lipinski definition) is 0. The number of hydrogen-bond acceptors (Lipinski definition) is 4. The number of fused-ring (bicyclic) bond motifs is 1. The number of rotatable bonds is 4. The topological polar surface area (TPSA) is 49.9 Å². The van der Waals surface area contributed by atoms with Crippen LogP contribution in [0.5, 0.6) is 5.75 Å². The fraction of sp³-hybridized carbons (Fsp3) is 0.304. The number of ether oxygens (including phenoxy) is 1. The summed E-state index contributed by atoms with van der Waals surface area (Å²) in [5, 5.41) is 1.51. The van der Waals surface area contributed by atoms with E-state index in [2.05, 4.69) is 36.9 Å². The van der Waals surface area contributed by atoms with Crippen LogP contribution in [-0.4, -0.2) is 46.0 Å². The molecule has 0 atom stereocenters. The van der Waals surface area contributed by atoms with Gasteiger partial charge in [-0.15, -0.1) is 0 Å². The summed E-state index contributed by atoms with van der Waals surface area (Å²) in [6, 6.07) is 17.3. The van der Waals surface area contributed by atoms with E-state index in [1.54, 1.807) is 23.5 Å². The van der Waals surface area contributed by atoms with Crippen LogP contribution in [0.1, 0.15) is 11.1 Å². The van der Waals surface area contributed by atoms with Crippen molar-refractivity contribution in [3.8, 4) is 5.75 Å². The number of methoxy groups -OCH3 is 1. The minimum absolute atomic E-state index is 0.342. The standard InChI is InChI=1S/C23H26N2O3S/c1-17-8-9-21(18(2)16-17)24-12-14-25(15-13-24)29(26,27)23-11-10-22(28-3)19-6-4-5-7-20(19)23/h4-11,16H,12-15H2,1-3H3. The summed E-state index contributed by atoms with van der Waals surface area (Å²) in [7, 11) is -1.99. The Morgan fingerprint density at radius 1 is 0.862 bits per heavy atom. The molecule has 3 aromatic rings. The van der Waals surface area contributed by atoms with Crippen molar-refractivity contribution in [2.75, 3.05) is 38.2 Å². The molecule has 1 fully saturated rings. The van der Waals surface area contributed by atoms with Crippen LogP contribution < -0.4 is 9.64 Å². The van der Waals surface area contributed by atoms with Gasteiger partial charge in [0.15, 0.2) is 0 Å². The molecule has 3 aromatic carbocycles. The summed E-state index contributed by atoms with van der Waals surface area (Å²) in [4.78, 5) is 2.61. The molecule has 0 aliphatic carbocycles. The van der Waals surface area contributed by atoms with E-state index in [4.69, 9.17) is 4.74 Å². The van der Waals surface area contributed by atoms with Gasteiger partial charge in [-0.3, -0.25) is 0 Å². The fourth-order valence-electron chi connectivity index (χ4n) is 4.12. The largest absolute Gasteiger partial charge is 0.496 e. The van der Waals surface area contributed by atoms with Crippen molar-refractivity contribution in [2.45, 2.75) is 18.7 Å². The van der Waals surface area contributed by atoms with Gasteiger partial charge < -0.3 is 9.64 Å². The second-order valence-electron chi connectivity index (χ2n) is 7.49. The summed E-state index contributed by atoms with van der Waals surface area (Å²) in [5.41, 5.74) is 3.64. The van der Waals surface area contributed by atoms with Gasteiger partial charge in [0.25, 0.3) is 0 Å². The summed E-state index contributed by atoms with van der Waals surface area (Å²) < 4.78 is 33.9. The highest BCUT2D eigenvalue weighted by molar-refractivity contribution is 7.89. The average Bonchev–Trinajstić information content (AvgIpc) is 2.73. The zero-order valence-corrected chi connectivity index (χ0v) is 17.9. The van der Waals surface area contributed by atoms with Gasteiger partial charge in [0.2, 0.25) is 10.0 Å². The Bertz CT molecular complexity index is 1150. The highest BCUT2D eigenvalue weighted by atomic mass is 32.2. The van der Waals surface area contributed by atoms with Crippen molar-refractivity contribution in [1.29, 1.82) is 0 Å². The molecule has 0 bridgehead atoms. The predicted octanol–water partition coefficient (Wildman–Crippen LogP) is 3.98. The zero-order chi connectivity index (χ0) is 20.6. The molecule has 0 amide bonds. The number of sulfonamides is 1. The van der Waals surface area contributed by atoms with Crippen LogP contribution in [0.3, 0.4) is 0 Å². The van der Waals surface area contributed by atoms with Gasteiger partial charge in [-0.05, 0) is 37.6 Å². The van der Waals surface area contributed by atoms with Crippen LogP contribution in [0.15, 0.2) is 59.5 Å². The van der Waals surface area contributed by atoms with Gasteiger partial charge in [0, 0.05) is 42.6 Å². The van der Waals surface area contributed by atoms with Crippen LogP contribution in [0.2, 0.25) is 0 Å².